The average molecular weight is 1110 g/mol. The third kappa shape index (κ3) is 20.2. The third-order valence-electron chi connectivity index (χ3n) is 14.4. The van der Waals surface area contributed by atoms with E-state index in [1.165, 1.54) is 65.6 Å². The molecule has 14 nitrogen and oxygen atoms in total. The second kappa shape index (κ2) is 34.6. The number of aryl methyl sites for hydroxylation is 1. The zero-order valence-electron chi connectivity index (χ0n) is 48.4. The number of aromatic nitrogens is 1. The fourth-order valence-electron chi connectivity index (χ4n) is 9.74. The van der Waals surface area contributed by atoms with Gasteiger partial charge < -0.3 is 38.0 Å². The van der Waals surface area contributed by atoms with E-state index in [1.54, 1.807) is 32.0 Å². The standard InChI is InChI=1S/C51H65F3N8O2.C5H10NO.C2H4O.C2H6.K.H2O/c1-34(24-36(3)47(12-17-55-5)62-33-45(54)46(56-6)28-49(62)63)29-58-18-15-40(16-19-58)50-43(52)26-41(27-44(50)53)51(64)60-20-13-38(14-21-60)32-61-23-22-59(30-37(61)4)31-39-9-8-35(2)48(25-39)57(7)42-10-11-42;1-3-4(2)5(6)7;1-2-3;1-2;;/h8-9,12,15,17,24-28,33,37-38,42,56H,3,10-11,13-14,16,18-23,29-32H2,1-2,4-7H3;4H,1,3H2,2H3,(H2,6,7);2H,1H3;1-2H3;;1H2/q;-1;;;+1;/p-1/b34-24+,47-12+,55-17?;;;;;. The predicted octanol–water partition coefficient (Wildman–Crippen LogP) is 6.50. The van der Waals surface area contributed by atoms with Crippen molar-refractivity contribution in [2.45, 2.75) is 106 Å². The molecule has 2 saturated heterocycles. The molecule has 1 aromatic heterocycles. The monoisotopic (exact) mass is 1110 g/mol. The number of nitrogens with one attached hydrogen (secondary N) is 1. The Morgan fingerprint density at radius 2 is 1.64 bits per heavy atom. The summed E-state index contributed by atoms with van der Waals surface area (Å²) in [7, 11) is 5.36. The van der Waals surface area contributed by atoms with E-state index in [4.69, 9.17) is 10.5 Å². The summed E-state index contributed by atoms with van der Waals surface area (Å²) in [6, 6.07) is 11.6. The molecular formula is C60H86F3KN9O5-. The van der Waals surface area contributed by atoms with Crippen molar-refractivity contribution < 1.29 is 84.4 Å². The van der Waals surface area contributed by atoms with E-state index in [0.717, 1.165) is 63.6 Å². The van der Waals surface area contributed by atoms with Crippen LogP contribution in [0.15, 0.2) is 88.3 Å². The van der Waals surface area contributed by atoms with Crippen molar-refractivity contribution in [1.82, 2.24) is 24.2 Å². The molecule has 18 heteroatoms. The number of nitrogens with zero attached hydrogens (tertiary/aromatic N) is 7. The zero-order valence-corrected chi connectivity index (χ0v) is 51.5. The molecule has 78 heavy (non-hydrogen) atoms. The van der Waals surface area contributed by atoms with E-state index in [9.17, 15) is 18.8 Å². The fraction of sp³-hybridized carbons (Fsp3) is 0.500. The number of halogens is 3. The summed E-state index contributed by atoms with van der Waals surface area (Å²) >= 11 is 0. The largest absolute Gasteiger partial charge is 1.00 e. The molecule has 2 atom stereocenters. The molecule has 1 saturated carbocycles. The van der Waals surface area contributed by atoms with Gasteiger partial charge >= 0.3 is 51.4 Å². The van der Waals surface area contributed by atoms with Gasteiger partial charge in [0.25, 0.3) is 11.5 Å². The molecule has 424 valence electrons. The van der Waals surface area contributed by atoms with Gasteiger partial charge in [0.05, 0.1) is 17.6 Å². The second-order valence-corrected chi connectivity index (χ2v) is 20.1. The minimum Gasteiger partial charge on any atom is -0.870 e. The van der Waals surface area contributed by atoms with Crippen LogP contribution >= 0.6 is 0 Å². The molecule has 3 fully saturated rings. The van der Waals surface area contributed by atoms with Crippen LogP contribution in [0.2, 0.25) is 0 Å². The van der Waals surface area contributed by atoms with Crippen LogP contribution in [-0.4, -0.2) is 146 Å². The van der Waals surface area contributed by atoms with E-state index in [2.05, 4.69) is 82.5 Å². The van der Waals surface area contributed by atoms with Crippen molar-refractivity contribution >= 4 is 47.0 Å². The molecule has 3 aromatic rings. The maximum absolute atomic E-state index is 15.7. The summed E-state index contributed by atoms with van der Waals surface area (Å²) < 4.78 is 47.3. The van der Waals surface area contributed by atoms with Crippen molar-refractivity contribution in [2.75, 3.05) is 90.3 Å². The number of primary amides is 1. The first kappa shape index (κ1) is 69.6. The molecule has 2 amide bonds. The number of aliphatic imine (C=N–C) groups is 1. The number of carbonyl (C=O) groups is 3. The number of likely N-dealkylation sites (tertiary alicyclic amines) is 1. The Labute approximate surface area is 505 Å². The summed E-state index contributed by atoms with van der Waals surface area (Å²) in [6.45, 7) is 29.0. The number of amides is 2. The van der Waals surface area contributed by atoms with Crippen LogP contribution in [0.1, 0.15) is 107 Å². The van der Waals surface area contributed by atoms with Crippen LogP contribution in [0.5, 0.6) is 0 Å². The summed E-state index contributed by atoms with van der Waals surface area (Å²) in [5.41, 5.74) is 10.9. The van der Waals surface area contributed by atoms with Crippen LogP contribution in [0.25, 0.3) is 11.3 Å². The molecule has 4 aliphatic rings. The van der Waals surface area contributed by atoms with Gasteiger partial charge in [-0.3, -0.25) is 38.6 Å². The summed E-state index contributed by atoms with van der Waals surface area (Å²) in [4.78, 5) is 60.8. The number of pyridine rings is 1. The zero-order chi connectivity index (χ0) is 56.2. The Morgan fingerprint density at radius 3 is 2.17 bits per heavy atom. The number of hydrogen-bond acceptors (Lipinski definition) is 11. The smallest absolute Gasteiger partial charge is 0.870 e. The quantitative estimate of drug-likeness (QED) is 0.0501. The number of anilines is 2. The maximum atomic E-state index is 15.7. The number of benzene rings is 2. The summed E-state index contributed by atoms with van der Waals surface area (Å²) in [5.74, 6) is -2.23. The molecule has 0 radical (unpaired) electrons. The number of carbonyl (C=O) groups excluding carboxylic acids is 3. The van der Waals surface area contributed by atoms with Gasteiger partial charge in [0.15, 0.2) is 5.82 Å². The van der Waals surface area contributed by atoms with Crippen molar-refractivity contribution in [1.29, 1.82) is 0 Å². The Morgan fingerprint density at radius 1 is 1.00 bits per heavy atom. The van der Waals surface area contributed by atoms with Gasteiger partial charge in [0.1, 0.15) is 17.9 Å². The van der Waals surface area contributed by atoms with Gasteiger partial charge in [-0.2, -0.15) is 6.42 Å². The molecule has 4 heterocycles. The first-order valence-electron chi connectivity index (χ1n) is 26.9. The van der Waals surface area contributed by atoms with E-state index in [-0.39, 0.29) is 91.4 Å². The van der Waals surface area contributed by atoms with E-state index >= 15 is 8.78 Å². The van der Waals surface area contributed by atoms with E-state index < -0.39 is 23.0 Å². The van der Waals surface area contributed by atoms with Crippen LogP contribution in [-0.2, 0) is 16.1 Å². The molecule has 0 spiro atoms. The van der Waals surface area contributed by atoms with Crippen LogP contribution in [0.3, 0.4) is 0 Å². The first-order valence-corrected chi connectivity index (χ1v) is 26.9. The van der Waals surface area contributed by atoms with Gasteiger partial charge in [-0.05, 0) is 112 Å². The summed E-state index contributed by atoms with van der Waals surface area (Å²) in [5, 5.41) is 2.67. The minimum absolute atomic E-state index is 0. The number of hydrogen-bond donors (Lipinski definition) is 2. The number of rotatable bonds is 17. The van der Waals surface area contributed by atoms with Gasteiger partial charge in [0, 0.05) is 134 Å². The first-order chi connectivity index (χ1) is 36.3. The molecule has 1 aliphatic carbocycles. The number of nitrogens with two attached hydrogens (primary N) is 1. The van der Waals surface area contributed by atoms with Gasteiger partial charge in [-0.15, -0.1) is 0 Å². The molecule has 2 unspecified atom stereocenters. The van der Waals surface area contributed by atoms with Crippen molar-refractivity contribution in [3.05, 3.63) is 136 Å². The number of piperazine rings is 1. The molecule has 3 aliphatic heterocycles. The van der Waals surface area contributed by atoms with Crippen LogP contribution in [0.4, 0.5) is 24.5 Å². The number of allylic oxidation sites excluding steroid dienone is 4. The Bertz CT molecular complexity index is 2620. The normalized spacial score (nSPS) is 17.8. The molecular weight excluding hydrogens is 1020 g/mol. The van der Waals surface area contributed by atoms with Crippen molar-refractivity contribution in [3.8, 4) is 0 Å². The van der Waals surface area contributed by atoms with Gasteiger partial charge in [-0.25, -0.2) is 13.2 Å². The molecule has 7 rings (SSSR count). The van der Waals surface area contributed by atoms with Gasteiger partial charge in [-0.1, -0.05) is 57.2 Å². The maximum Gasteiger partial charge on any atom is 1.00 e. The molecule has 2 aromatic carbocycles. The van der Waals surface area contributed by atoms with Crippen molar-refractivity contribution in [2.24, 2.45) is 22.6 Å². The SMILES string of the molecule is C=C(/C=C(\C)CN1CC=C(c2c(F)cc(C(=O)N3CCC(CN4CCN(Cc5ccc(C)c(N(C)C6CC6)c5)CC4C)CC3)cc2F)CC1)/C(=C\C=NC)n1cc(F)c(NC)cc1=O.CC.CC=O.[CH2-]CC(C)C(N)=O.[K+].[OH-]. The topological polar surface area (TPSA) is 170 Å². The predicted molar refractivity (Wildman–Crippen MR) is 308 cm³/mol. The number of aldehydes is 1. The molecule has 4 N–H and O–H groups in total. The number of piperidine rings is 1. The Kier molecular flexibility index (Phi) is 30.9. The average Bonchev–Trinajstić information content (AvgIpc) is 4.26. The Balaban J connectivity index is 0.00000135. The fourth-order valence-corrected chi connectivity index (χ4v) is 9.74. The Hall–Kier alpha value is -4.50. The molecule has 0 bridgehead atoms. The second-order valence-electron chi connectivity index (χ2n) is 20.1. The van der Waals surface area contributed by atoms with E-state index in [0.29, 0.717) is 80.4 Å². The van der Waals surface area contributed by atoms with E-state index in [1.807, 2.05) is 32.9 Å². The van der Waals surface area contributed by atoms with Crippen LogP contribution < -0.4 is 72.9 Å². The third-order valence-corrected chi connectivity index (χ3v) is 14.4. The van der Waals surface area contributed by atoms with Gasteiger partial charge in [0.2, 0.25) is 5.91 Å². The summed E-state index contributed by atoms with van der Waals surface area (Å²) in [6.07, 6.45) is 14.0. The minimum atomic E-state index is -0.726. The van der Waals surface area contributed by atoms with Crippen LogP contribution in [0, 0.1) is 43.1 Å². The van der Waals surface area contributed by atoms with Crippen molar-refractivity contribution in [3.63, 3.8) is 0 Å².